The minimum Gasteiger partial charge on any atom is -0.340 e. The van der Waals surface area contributed by atoms with Gasteiger partial charge in [-0.2, -0.15) is 18.2 Å². The van der Waals surface area contributed by atoms with E-state index in [0.29, 0.717) is 17.3 Å². The Morgan fingerprint density at radius 1 is 0.897 bits per heavy atom. The second kappa shape index (κ2) is 8.51. The smallest absolute Gasteiger partial charge is 0.340 e. The van der Waals surface area contributed by atoms with Crippen LogP contribution >= 0.6 is 0 Å². The lowest BCUT2D eigenvalue weighted by Gasteiger charge is -2.15. The maximum Gasteiger partial charge on any atom is 0.421 e. The SMILES string of the molecule is CCc1ccc(Nc2ncc(C(F)(F)F)c(Nc3ccc(C(C)C)cc3)n2)cc1. The van der Waals surface area contributed by atoms with Gasteiger partial charge in [-0.25, -0.2) is 4.98 Å². The molecule has 3 aromatic rings. The molecule has 1 aromatic heterocycles. The van der Waals surface area contributed by atoms with Crippen molar-refractivity contribution in [1.82, 2.24) is 9.97 Å². The molecule has 152 valence electrons. The Labute approximate surface area is 168 Å². The molecule has 4 nitrogen and oxygen atoms in total. The lowest BCUT2D eigenvalue weighted by molar-refractivity contribution is -0.137. The van der Waals surface area contributed by atoms with Gasteiger partial charge >= 0.3 is 6.18 Å². The minimum absolute atomic E-state index is 0.0866. The highest BCUT2D eigenvalue weighted by Crippen LogP contribution is 2.35. The first-order valence-corrected chi connectivity index (χ1v) is 9.43. The van der Waals surface area contributed by atoms with Crippen LogP contribution in [0.1, 0.15) is 43.4 Å². The molecule has 0 saturated heterocycles. The van der Waals surface area contributed by atoms with Crippen LogP contribution in [0, 0.1) is 0 Å². The minimum atomic E-state index is -4.57. The van der Waals surface area contributed by atoms with Crippen LogP contribution in [0.15, 0.2) is 54.7 Å². The zero-order valence-corrected chi connectivity index (χ0v) is 16.5. The van der Waals surface area contributed by atoms with E-state index in [4.69, 9.17) is 0 Å². The van der Waals surface area contributed by atoms with Crippen molar-refractivity contribution in [3.05, 3.63) is 71.4 Å². The van der Waals surface area contributed by atoms with E-state index in [1.165, 1.54) is 0 Å². The summed E-state index contributed by atoms with van der Waals surface area (Å²) < 4.78 is 40.3. The Hall–Kier alpha value is -3.09. The van der Waals surface area contributed by atoms with Crippen LogP contribution < -0.4 is 10.6 Å². The third kappa shape index (κ3) is 5.25. The van der Waals surface area contributed by atoms with Gasteiger partial charge in [0, 0.05) is 17.6 Å². The maximum atomic E-state index is 13.4. The van der Waals surface area contributed by atoms with Gasteiger partial charge in [0.15, 0.2) is 0 Å². The highest BCUT2D eigenvalue weighted by atomic mass is 19.4. The summed E-state index contributed by atoms with van der Waals surface area (Å²) in [6, 6.07) is 14.8. The second-order valence-electron chi connectivity index (χ2n) is 7.03. The number of alkyl halides is 3. The highest BCUT2D eigenvalue weighted by Gasteiger charge is 2.35. The largest absolute Gasteiger partial charge is 0.421 e. The summed E-state index contributed by atoms with van der Waals surface area (Å²) in [7, 11) is 0. The standard InChI is InChI=1S/C22H23F3N4/c1-4-15-5-9-18(10-6-15)28-21-26-13-19(22(23,24)25)20(29-21)27-17-11-7-16(8-12-17)14(2)3/h5-14H,4H2,1-3H3,(H2,26,27,28,29). The van der Waals surface area contributed by atoms with Crippen LogP contribution in [-0.2, 0) is 12.6 Å². The van der Waals surface area contributed by atoms with Crippen molar-refractivity contribution in [2.45, 2.75) is 39.3 Å². The molecule has 0 unspecified atom stereocenters. The number of anilines is 4. The number of rotatable bonds is 6. The Kier molecular flexibility index (Phi) is 6.06. The average Bonchev–Trinajstić information content (AvgIpc) is 2.68. The van der Waals surface area contributed by atoms with Crippen LogP contribution in [0.25, 0.3) is 0 Å². The molecule has 0 saturated carbocycles. The number of hydrogen-bond acceptors (Lipinski definition) is 4. The summed E-state index contributed by atoms with van der Waals surface area (Å²) in [5, 5.41) is 5.73. The highest BCUT2D eigenvalue weighted by molar-refractivity contribution is 5.63. The number of aryl methyl sites for hydroxylation is 1. The second-order valence-corrected chi connectivity index (χ2v) is 7.03. The summed E-state index contributed by atoms with van der Waals surface area (Å²) in [5.74, 6) is 0.129. The van der Waals surface area contributed by atoms with Gasteiger partial charge in [0.1, 0.15) is 11.4 Å². The molecule has 2 aromatic carbocycles. The fourth-order valence-corrected chi connectivity index (χ4v) is 2.79. The lowest BCUT2D eigenvalue weighted by Crippen LogP contribution is -2.12. The number of nitrogens with one attached hydrogen (secondary N) is 2. The van der Waals surface area contributed by atoms with E-state index in [0.717, 1.165) is 23.7 Å². The Balaban J connectivity index is 1.89. The lowest BCUT2D eigenvalue weighted by atomic mass is 10.0. The van der Waals surface area contributed by atoms with E-state index in [9.17, 15) is 13.2 Å². The molecule has 1 heterocycles. The molecule has 0 aliphatic rings. The zero-order chi connectivity index (χ0) is 21.0. The summed E-state index contributed by atoms with van der Waals surface area (Å²) in [5.41, 5.74) is 2.58. The number of aromatic nitrogens is 2. The maximum absolute atomic E-state index is 13.4. The van der Waals surface area contributed by atoms with Crippen molar-refractivity contribution < 1.29 is 13.2 Å². The van der Waals surface area contributed by atoms with Crippen molar-refractivity contribution in [2.24, 2.45) is 0 Å². The van der Waals surface area contributed by atoms with Gasteiger partial charge in [0.05, 0.1) is 0 Å². The van der Waals surface area contributed by atoms with Crippen LogP contribution in [0.2, 0.25) is 0 Å². The fourth-order valence-electron chi connectivity index (χ4n) is 2.79. The van der Waals surface area contributed by atoms with E-state index in [2.05, 4.69) is 34.4 Å². The van der Waals surface area contributed by atoms with Gasteiger partial charge in [-0.15, -0.1) is 0 Å². The number of hydrogen-bond donors (Lipinski definition) is 2. The van der Waals surface area contributed by atoms with Gasteiger partial charge in [-0.05, 0) is 47.7 Å². The van der Waals surface area contributed by atoms with Crippen molar-refractivity contribution in [2.75, 3.05) is 10.6 Å². The predicted octanol–water partition coefficient (Wildman–Crippen LogP) is 6.67. The van der Waals surface area contributed by atoms with Crippen molar-refractivity contribution >= 4 is 23.1 Å². The first-order chi connectivity index (χ1) is 13.8. The first kappa shape index (κ1) is 20.6. The fraction of sp³-hybridized carbons (Fsp3) is 0.273. The van der Waals surface area contributed by atoms with Crippen LogP contribution in [0.3, 0.4) is 0 Å². The van der Waals surface area contributed by atoms with Gasteiger partial charge in [0.25, 0.3) is 0 Å². The molecule has 0 spiro atoms. The molecule has 0 aliphatic heterocycles. The van der Waals surface area contributed by atoms with Gasteiger partial charge in [-0.1, -0.05) is 45.0 Å². The van der Waals surface area contributed by atoms with E-state index in [-0.39, 0.29) is 11.8 Å². The quantitative estimate of drug-likeness (QED) is 0.485. The monoisotopic (exact) mass is 400 g/mol. The van der Waals surface area contributed by atoms with Crippen LogP contribution in [0.5, 0.6) is 0 Å². The van der Waals surface area contributed by atoms with Crippen LogP contribution in [-0.4, -0.2) is 9.97 Å². The molecule has 7 heteroatoms. The van der Waals surface area contributed by atoms with E-state index in [1.807, 2.05) is 43.3 Å². The van der Waals surface area contributed by atoms with Crippen molar-refractivity contribution in [3.63, 3.8) is 0 Å². The molecule has 0 fully saturated rings. The van der Waals surface area contributed by atoms with Crippen molar-refractivity contribution in [3.8, 4) is 0 Å². The molecular formula is C22H23F3N4. The summed E-state index contributed by atoms with van der Waals surface area (Å²) >= 11 is 0. The van der Waals surface area contributed by atoms with E-state index >= 15 is 0 Å². The first-order valence-electron chi connectivity index (χ1n) is 9.43. The molecular weight excluding hydrogens is 377 g/mol. The number of benzene rings is 2. The summed E-state index contributed by atoms with van der Waals surface area (Å²) in [4.78, 5) is 7.92. The number of nitrogens with zero attached hydrogens (tertiary/aromatic N) is 2. The summed E-state index contributed by atoms with van der Waals surface area (Å²) in [6.07, 6.45) is -2.87. The molecule has 0 radical (unpaired) electrons. The van der Waals surface area contributed by atoms with E-state index in [1.54, 1.807) is 12.1 Å². The third-order valence-electron chi connectivity index (χ3n) is 4.55. The predicted molar refractivity (Wildman–Crippen MR) is 110 cm³/mol. The molecule has 0 atom stereocenters. The summed E-state index contributed by atoms with van der Waals surface area (Å²) in [6.45, 7) is 6.16. The normalized spacial score (nSPS) is 11.6. The number of halogens is 3. The average molecular weight is 400 g/mol. The van der Waals surface area contributed by atoms with Crippen LogP contribution in [0.4, 0.5) is 36.3 Å². The van der Waals surface area contributed by atoms with Gasteiger partial charge in [0.2, 0.25) is 5.95 Å². The topological polar surface area (TPSA) is 49.8 Å². The molecule has 29 heavy (non-hydrogen) atoms. The Morgan fingerprint density at radius 2 is 1.48 bits per heavy atom. The van der Waals surface area contributed by atoms with Crippen molar-refractivity contribution in [1.29, 1.82) is 0 Å². The molecule has 0 amide bonds. The Bertz CT molecular complexity index is 949. The third-order valence-corrected chi connectivity index (χ3v) is 4.55. The molecule has 2 N–H and O–H groups in total. The van der Waals surface area contributed by atoms with E-state index < -0.39 is 11.7 Å². The molecule has 3 rings (SSSR count). The Morgan fingerprint density at radius 3 is 2.03 bits per heavy atom. The van der Waals surface area contributed by atoms with Gasteiger partial charge < -0.3 is 10.6 Å². The molecule has 0 bridgehead atoms. The zero-order valence-electron chi connectivity index (χ0n) is 16.5. The molecule has 0 aliphatic carbocycles. The van der Waals surface area contributed by atoms with Gasteiger partial charge in [-0.3, -0.25) is 0 Å².